The van der Waals surface area contributed by atoms with E-state index >= 15 is 0 Å². The SMILES string of the molecule is CCCCC(NC(=O)N(CC)CC1CCCO1)C(=O)O. The monoisotopic (exact) mass is 286 g/mol. The van der Waals surface area contributed by atoms with E-state index in [1.165, 1.54) is 0 Å². The summed E-state index contributed by atoms with van der Waals surface area (Å²) in [6, 6.07) is -1.12. The van der Waals surface area contributed by atoms with Gasteiger partial charge in [0.05, 0.1) is 6.10 Å². The molecule has 0 spiro atoms. The lowest BCUT2D eigenvalue weighted by atomic mass is 10.1. The van der Waals surface area contributed by atoms with Gasteiger partial charge in [-0.2, -0.15) is 0 Å². The van der Waals surface area contributed by atoms with Crippen molar-refractivity contribution in [3.8, 4) is 0 Å². The van der Waals surface area contributed by atoms with E-state index in [4.69, 9.17) is 9.84 Å². The lowest BCUT2D eigenvalue weighted by Crippen LogP contribution is -2.49. The third kappa shape index (κ3) is 5.36. The van der Waals surface area contributed by atoms with E-state index in [9.17, 15) is 9.59 Å². The molecule has 1 aliphatic heterocycles. The zero-order chi connectivity index (χ0) is 15.0. The number of urea groups is 1. The van der Waals surface area contributed by atoms with Gasteiger partial charge in [0.25, 0.3) is 0 Å². The molecular formula is C14H26N2O4. The van der Waals surface area contributed by atoms with Crippen LogP contribution < -0.4 is 5.32 Å². The van der Waals surface area contributed by atoms with E-state index in [0.29, 0.717) is 19.5 Å². The summed E-state index contributed by atoms with van der Waals surface area (Å²) >= 11 is 0. The number of ether oxygens (including phenoxy) is 1. The summed E-state index contributed by atoms with van der Waals surface area (Å²) in [4.78, 5) is 24.9. The number of carboxylic acids is 1. The molecule has 1 fully saturated rings. The van der Waals surface area contributed by atoms with Crippen molar-refractivity contribution in [2.45, 2.75) is 58.1 Å². The minimum absolute atomic E-state index is 0.0830. The number of carbonyl (C=O) groups excluding carboxylic acids is 1. The van der Waals surface area contributed by atoms with Gasteiger partial charge in [0.15, 0.2) is 0 Å². The number of amides is 2. The molecule has 1 heterocycles. The van der Waals surface area contributed by atoms with Gasteiger partial charge in [-0.15, -0.1) is 0 Å². The zero-order valence-corrected chi connectivity index (χ0v) is 12.4. The zero-order valence-electron chi connectivity index (χ0n) is 12.4. The number of nitrogens with zero attached hydrogens (tertiary/aromatic N) is 1. The number of carbonyl (C=O) groups is 2. The molecule has 1 saturated heterocycles. The Kier molecular flexibility index (Phi) is 7.36. The van der Waals surface area contributed by atoms with Gasteiger partial charge in [-0.25, -0.2) is 9.59 Å². The quantitative estimate of drug-likeness (QED) is 0.713. The second kappa shape index (κ2) is 8.79. The first-order valence-corrected chi connectivity index (χ1v) is 7.48. The molecule has 0 aromatic heterocycles. The summed E-state index contributed by atoms with van der Waals surface area (Å²) in [5, 5.41) is 11.7. The number of unbranched alkanes of at least 4 members (excludes halogenated alkanes) is 1. The number of hydrogen-bond acceptors (Lipinski definition) is 3. The molecule has 6 nitrogen and oxygen atoms in total. The van der Waals surface area contributed by atoms with Gasteiger partial charge in [0.1, 0.15) is 6.04 Å². The number of likely N-dealkylation sites (N-methyl/N-ethyl adjacent to an activating group) is 1. The van der Waals surface area contributed by atoms with Crippen LogP contribution in [0.4, 0.5) is 4.79 Å². The van der Waals surface area contributed by atoms with Gasteiger partial charge in [-0.05, 0) is 26.2 Å². The Morgan fingerprint density at radius 2 is 2.20 bits per heavy atom. The summed E-state index contributed by atoms with van der Waals surface area (Å²) in [6.45, 7) is 5.71. The third-order valence-corrected chi connectivity index (χ3v) is 3.56. The molecule has 2 unspecified atom stereocenters. The number of rotatable bonds is 8. The first-order chi connectivity index (χ1) is 9.58. The average molecular weight is 286 g/mol. The lowest BCUT2D eigenvalue weighted by molar-refractivity contribution is -0.139. The van der Waals surface area contributed by atoms with Crippen LogP contribution in [0.3, 0.4) is 0 Å². The Hall–Kier alpha value is -1.30. The van der Waals surface area contributed by atoms with Crippen molar-refractivity contribution in [1.29, 1.82) is 0 Å². The Labute approximate surface area is 120 Å². The van der Waals surface area contributed by atoms with Crippen molar-refractivity contribution < 1.29 is 19.4 Å². The summed E-state index contributed by atoms with van der Waals surface area (Å²) in [5.74, 6) is -0.972. The topological polar surface area (TPSA) is 78.9 Å². The van der Waals surface area contributed by atoms with E-state index in [2.05, 4.69) is 5.32 Å². The van der Waals surface area contributed by atoms with E-state index in [1.807, 2.05) is 13.8 Å². The molecule has 0 bridgehead atoms. The molecular weight excluding hydrogens is 260 g/mol. The van der Waals surface area contributed by atoms with E-state index < -0.39 is 12.0 Å². The average Bonchev–Trinajstić information content (AvgIpc) is 2.93. The molecule has 2 N–H and O–H groups in total. The molecule has 116 valence electrons. The van der Waals surface area contributed by atoms with Crippen molar-refractivity contribution in [3.63, 3.8) is 0 Å². The van der Waals surface area contributed by atoms with Gasteiger partial charge >= 0.3 is 12.0 Å². The van der Waals surface area contributed by atoms with Crippen LogP contribution in [-0.2, 0) is 9.53 Å². The van der Waals surface area contributed by atoms with E-state index in [1.54, 1.807) is 4.90 Å². The number of nitrogens with one attached hydrogen (secondary N) is 1. The largest absolute Gasteiger partial charge is 0.480 e. The molecule has 1 aliphatic rings. The minimum Gasteiger partial charge on any atom is -0.480 e. The van der Waals surface area contributed by atoms with E-state index in [-0.39, 0.29) is 12.1 Å². The Bertz CT molecular complexity index is 316. The molecule has 20 heavy (non-hydrogen) atoms. The van der Waals surface area contributed by atoms with Crippen molar-refractivity contribution in [2.24, 2.45) is 0 Å². The summed E-state index contributed by atoms with van der Waals surface area (Å²) in [5.41, 5.74) is 0. The van der Waals surface area contributed by atoms with Crippen LogP contribution in [0, 0.1) is 0 Å². The summed E-state index contributed by atoms with van der Waals surface area (Å²) in [6.07, 6.45) is 4.23. The van der Waals surface area contributed by atoms with Gasteiger partial charge in [0.2, 0.25) is 0 Å². The summed E-state index contributed by atoms with van der Waals surface area (Å²) < 4.78 is 5.51. The highest BCUT2D eigenvalue weighted by Crippen LogP contribution is 2.13. The fourth-order valence-electron chi connectivity index (χ4n) is 2.30. The highest BCUT2D eigenvalue weighted by molar-refractivity contribution is 5.82. The summed E-state index contributed by atoms with van der Waals surface area (Å²) in [7, 11) is 0. The van der Waals surface area contributed by atoms with Crippen LogP contribution in [0.1, 0.15) is 46.0 Å². The molecule has 2 amide bonds. The maximum atomic E-state index is 12.1. The van der Waals surface area contributed by atoms with Crippen LogP contribution >= 0.6 is 0 Å². The first-order valence-electron chi connectivity index (χ1n) is 7.48. The van der Waals surface area contributed by atoms with Gasteiger partial charge < -0.3 is 20.1 Å². The molecule has 0 saturated carbocycles. The Balaban J connectivity index is 2.48. The molecule has 0 aliphatic carbocycles. The van der Waals surface area contributed by atoms with E-state index in [0.717, 1.165) is 32.3 Å². The fourth-order valence-corrected chi connectivity index (χ4v) is 2.30. The molecule has 1 rings (SSSR count). The van der Waals surface area contributed by atoms with Crippen molar-refractivity contribution in [2.75, 3.05) is 19.7 Å². The predicted octanol–water partition coefficient (Wildman–Crippen LogP) is 1.84. The Morgan fingerprint density at radius 3 is 2.70 bits per heavy atom. The second-order valence-electron chi connectivity index (χ2n) is 5.16. The number of aliphatic carboxylic acids is 1. The normalized spacial score (nSPS) is 19.6. The predicted molar refractivity (Wildman–Crippen MR) is 75.7 cm³/mol. The standard InChI is InChI=1S/C14H26N2O4/c1-3-5-8-12(13(17)18)15-14(19)16(4-2)10-11-7-6-9-20-11/h11-12H,3-10H2,1-2H3,(H,15,19)(H,17,18). The van der Waals surface area contributed by atoms with Gasteiger partial charge in [-0.1, -0.05) is 19.8 Å². The molecule has 0 aromatic carbocycles. The van der Waals surface area contributed by atoms with Crippen LogP contribution in [0.15, 0.2) is 0 Å². The van der Waals surface area contributed by atoms with Gasteiger partial charge in [0, 0.05) is 19.7 Å². The number of hydrogen-bond donors (Lipinski definition) is 2. The fraction of sp³-hybridized carbons (Fsp3) is 0.857. The maximum Gasteiger partial charge on any atom is 0.326 e. The first kappa shape index (κ1) is 16.8. The minimum atomic E-state index is -0.972. The van der Waals surface area contributed by atoms with Crippen LogP contribution in [0.2, 0.25) is 0 Å². The van der Waals surface area contributed by atoms with Crippen molar-refractivity contribution in [1.82, 2.24) is 10.2 Å². The molecule has 6 heteroatoms. The van der Waals surface area contributed by atoms with Gasteiger partial charge in [-0.3, -0.25) is 0 Å². The Morgan fingerprint density at radius 1 is 1.45 bits per heavy atom. The highest BCUT2D eigenvalue weighted by Gasteiger charge is 2.25. The highest BCUT2D eigenvalue weighted by atomic mass is 16.5. The van der Waals surface area contributed by atoms with Crippen LogP contribution in [0.25, 0.3) is 0 Å². The maximum absolute atomic E-state index is 12.1. The number of carboxylic acid groups (broad SMARTS) is 1. The second-order valence-corrected chi connectivity index (χ2v) is 5.16. The van der Waals surface area contributed by atoms with Crippen molar-refractivity contribution in [3.05, 3.63) is 0 Å². The third-order valence-electron chi connectivity index (χ3n) is 3.56. The molecule has 0 aromatic rings. The van der Waals surface area contributed by atoms with Crippen molar-refractivity contribution >= 4 is 12.0 Å². The molecule has 0 radical (unpaired) electrons. The van der Waals surface area contributed by atoms with Crippen LogP contribution in [-0.4, -0.2) is 53.8 Å². The lowest BCUT2D eigenvalue weighted by Gasteiger charge is -2.26. The smallest absolute Gasteiger partial charge is 0.326 e. The van der Waals surface area contributed by atoms with Crippen LogP contribution in [0.5, 0.6) is 0 Å². The molecule has 2 atom stereocenters.